The number of likely N-dealkylation sites (tertiary alicyclic amines) is 1. The van der Waals surface area contributed by atoms with Crippen LogP contribution in [-0.4, -0.2) is 72.2 Å². The number of amides is 2. The molecule has 0 atom stereocenters. The topological polar surface area (TPSA) is 88.9 Å². The highest BCUT2D eigenvalue weighted by atomic mass is 19.1. The standard InChI is InChI=1S/C28H30FN3O5/c1-30(2)28(36)26(34)23-16-32(17-25(33)37-3)24-9-6-20(15-22(23)24)27(35)31-12-10-19(11-13-31)14-18-4-7-21(29)8-5-18/h4-9,15-16,19H,10-14,17H2,1-3H3. The van der Waals surface area contributed by atoms with Gasteiger partial charge in [-0.15, -0.1) is 0 Å². The summed E-state index contributed by atoms with van der Waals surface area (Å²) in [5.74, 6) is -1.91. The molecule has 2 aromatic carbocycles. The van der Waals surface area contributed by atoms with E-state index in [0.717, 1.165) is 24.8 Å². The van der Waals surface area contributed by atoms with Crippen LogP contribution in [-0.2, 0) is 27.3 Å². The zero-order chi connectivity index (χ0) is 26.7. The van der Waals surface area contributed by atoms with Gasteiger partial charge < -0.3 is 19.1 Å². The van der Waals surface area contributed by atoms with Crippen LogP contribution in [0.2, 0.25) is 0 Å². The Morgan fingerprint density at radius 2 is 1.70 bits per heavy atom. The van der Waals surface area contributed by atoms with Gasteiger partial charge in [0.2, 0.25) is 0 Å². The van der Waals surface area contributed by atoms with E-state index in [4.69, 9.17) is 4.74 Å². The Bertz CT molecular complexity index is 1340. The largest absolute Gasteiger partial charge is 0.468 e. The molecule has 0 aliphatic carbocycles. The van der Waals surface area contributed by atoms with Gasteiger partial charge in [0.25, 0.3) is 17.6 Å². The van der Waals surface area contributed by atoms with Crippen LogP contribution in [0.5, 0.6) is 0 Å². The van der Waals surface area contributed by atoms with Crippen LogP contribution in [0.3, 0.4) is 0 Å². The van der Waals surface area contributed by atoms with Crippen LogP contribution in [0.4, 0.5) is 4.39 Å². The molecule has 2 amide bonds. The number of carbonyl (C=O) groups excluding carboxylic acids is 4. The van der Waals surface area contributed by atoms with E-state index in [1.807, 2.05) is 0 Å². The molecule has 1 aliphatic rings. The number of methoxy groups -OCH3 is 1. The zero-order valence-electron chi connectivity index (χ0n) is 21.2. The zero-order valence-corrected chi connectivity index (χ0v) is 21.2. The second-order valence-corrected chi connectivity index (χ2v) is 9.57. The van der Waals surface area contributed by atoms with Crippen LogP contribution in [0, 0.1) is 11.7 Å². The van der Waals surface area contributed by atoms with Crippen molar-refractivity contribution in [1.29, 1.82) is 0 Å². The fourth-order valence-electron chi connectivity index (χ4n) is 4.74. The Hall–Kier alpha value is -4.01. The summed E-state index contributed by atoms with van der Waals surface area (Å²) in [5.41, 5.74) is 2.17. The Morgan fingerprint density at radius 3 is 2.32 bits per heavy atom. The van der Waals surface area contributed by atoms with Gasteiger partial charge in [0.1, 0.15) is 12.4 Å². The van der Waals surface area contributed by atoms with Gasteiger partial charge in [-0.1, -0.05) is 12.1 Å². The molecule has 1 fully saturated rings. The average molecular weight is 508 g/mol. The molecule has 3 aromatic rings. The maximum absolute atomic E-state index is 13.3. The number of carbonyl (C=O) groups is 4. The van der Waals surface area contributed by atoms with E-state index in [-0.39, 0.29) is 23.8 Å². The number of hydrogen-bond donors (Lipinski definition) is 0. The molecule has 1 aliphatic heterocycles. The van der Waals surface area contributed by atoms with E-state index in [9.17, 15) is 23.6 Å². The molecule has 1 saturated heterocycles. The highest BCUT2D eigenvalue weighted by Gasteiger charge is 2.27. The molecule has 0 saturated carbocycles. The Balaban J connectivity index is 1.54. The van der Waals surface area contributed by atoms with Crippen molar-refractivity contribution in [2.24, 2.45) is 5.92 Å². The number of ketones is 1. The van der Waals surface area contributed by atoms with Crippen molar-refractivity contribution >= 4 is 34.5 Å². The fraction of sp³-hybridized carbons (Fsp3) is 0.357. The number of hydrogen-bond acceptors (Lipinski definition) is 5. The third kappa shape index (κ3) is 5.71. The molecule has 8 nitrogen and oxygen atoms in total. The van der Waals surface area contributed by atoms with Gasteiger partial charge in [-0.25, -0.2) is 4.39 Å². The second-order valence-electron chi connectivity index (χ2n) is 9.57. The van der Waals surface area contributed by atoms with Crippen molar-refractivity contribution in [1.82, 2.24) is 14.4 Å². The summed E-state index contributed by atoms with van der Waals surface area (Å²) >= 11 is 0. The molecule has 0 bridgehead atoms. The summed E-state index contributed by atoms with van der Waals surface area (Å²) in [7, 11) is 4.25. The van der Waals surface area contributed by atoms with E-state index < -0.39 is 17.7 Å². The lowest BCUT2D eigenvalue weighted by atomic mass is 9.90. The first kappa shape index (κ1) is 26.1. The lowest BCUT2D eigenvalue weighted by Gasteiger charge is -2.32. The number of piperidine rings is 1. The maximum atomic E-state index is 13.3. The van der Waals surface area contributed by atoms with E-state index >= 15 is 0 Å². The second kappa shape index (κ2) is 10.9. The quantitative estimate of drug-likeness (QED) is 0.278. The fourth-order valence-corrected chi connectivity index (χ4v) is 4.74. The van der Waals surface area contributed by atoms with Gasteiger partial charge in [-0.05, 0) is 61.1 Å². The summed E-state index contributed by atoms with van der Waals surface area (Å²) in [5, 5.41) is 0.432. The molecule has 4 rings (SSSR count). The predicted octanol–water partition coefficient (Wildman–Crippen LogP) is 3.32. The summed E-state index contributed by atoms with van der Waals surface area (Å²) in [6, 6.07) is 11.5. The Morgan fingerprint density at radius 1 is 1.03 bits per heavy atom. The lowest BCUT2D eigenvalue weighted by molar-refractivity contribution is -0.141. The van der Waals surface area contributed by atoms with Gasteiger partial charge in [-0.3, -0.25) is 19.2 Å². The van der Waals surface area contributed by atoms with Crippen molar-refractivity contribution in [2.45, 2.75) is 25.8 Å². The molecule has 0 unspecified atom stereocenters. The molecular formula is C28H30FN3O5. The van der Waals surface area contributed by atoms with E-state index in [1.54, 1.807) is 39.8 Å². The van der Waals surface area contributed by atoms with E-state index in [2.05, 4.69) is 0 Å². The number of Topliss-reactive ketones (excluding diaryl/α,β-unsaturated/α-hetero) is 1. The summed E-state index contributed by atoms with van der Waals surface area (Å²) in [4.78, 5) is 53.6. The van der Waals surface area contributed by atoms with Crippen LogP contribution >= 0.6 is 0 Å². The normalized spacial score (nSPS) is 14.0. The molecule has 37 heavy (non-hydrogen) atoms. The number of ether oxygens (including phenoxy) is 1. The molecule has 9 heteroatoms. The average Bonchev–Trinajstić information content (AvgIpc) is 3.26. The SMILES string of the molecule is COC(=O)Cn1cc(C(=O)C(=O)N(C)C)c2cc(C(=O)N3CCC(Cc4ccc(F)cc4)CC3)ccc21. The third-order valence-electron chi connectivity index (χ3n) is 6.84. The molecule has 2 heterocycles. The van der Waals surface area contributed by atoms with Gasteiger partial charge in [-0.2, -0.15) is 0 Å². The Kier molecular flexibility index (Phi) is 7.71. The van der Waals surface area contributed by atoms with Crippen LogP contribution < -0.4 is 0 Å². The molecule has 1 aromatic heterocycles. The monoisotopic (exact) mass is 507 g/mol. The highest BCUT2D eigenvalue weighted by molar-refractivity contribution is 6.44. The molecule has 0 N–H and O–H groups in total. The first-order chi connectivity index (χ1) is 17.7. The van der Waals surface area contributed by atoms with Crippen molar-refractivity contribution in [3.8, 4) is 0 Å². The number of esters is 1. The van der Waals surface area contributed by atoms with Crippen LogP contribution in [0.1, 0.15) is 39.1 Å². The number of fused-ring (bicyclic) bond motifs is 1. The van der Waals surface area contributed by atoms with Crippen LogP contribution in [0.15, 0.2) is 48.7 Å². The number of likely N-dealkylation sites (N-methyl/N-ethyl adjacent to an activating group) is 1. The number of nitrogens with zero attached hydrogens (tertiary/aromatic N) is 3. The number of benzene rings is 2. The van der Waals surface area contributed by atoms with Crippen molar-refractivity contribution in [3.05, 3.63) is 71.2 Å². The first-order valence-corrected chi connectivity index (χ1v) is 12.2. The molecule has 0 spiro atoms. The first-order valence-electron chi connectivity index (χ1n) is 12.2. The number of rotatable bonds is 7. The molecule has 194 valence electrons. The lowest BCUT2D eigenvalue weighted by Crippen LogP contribution is -2.38. The Labute approximate surface area is 214 Å². The van der Waals surface area contributed by atoms with E-state index in [1.165, 1.54) is 44.4 Å². The smallest absolute Gasteiger partial charge is 0.325 e. The summed E-state index contributed by atoms with van der Waals surface area (Å²) < 4.78 is 19.5. The molecule has 0 radical (unpaired) electrons. The minimum atomic E-state index is -0.718. The summed E-state index contributed by atoms with van der Waals surface area (Å²) in [6.07, 6.45) is 3.97. The number of halogens is 1. The predicted molar refractivity (Wildman–Crippen MR) is 136 cm³/mol. The van der Waals surface area contributed by atoms with Gasteiger partial charge >= 0.3 is 5.97 Å². The molecular weight excluding hydrogens is 477 g/mol. The minimum absolute atomic E-state index is 0.130. The minimum Gasteiger partial charge on any atom is -0.468 e. The number of aromatic nitrogens is 1. The van der Waals surface area contributed by atoms with Gasteiger partial charge in [0.05, 0.1) is 12.7 Å². The van der Waals surface area contributed by atoms with Crippen molar-refractivity contribution < 1.29 is 28.3 Å². The van der Waals surface area contributed by atoms with Crippen LogP contribution in [0.25, 0.3) is 10.9 Å². The highest BCUT2D eigenvalue weighted by Crippen LogP contribution is 2.27. The summed E-state index contributed by atoms with van der Waals surface area (Å²) in [6.45, 7) is 1.05. The van der Waals surface area contributed by atoms with E-state index in [0.29, 0.717) is 35.5 Å². The van der Waals surface area contributed by atoms with Crippen molar-refractivity contribution in [3.63, 3.8) is 0 Å². The third-order valence-corrected chi connectivity index (χ3v) is 6.84. The van der Waals surface area contributed by atoms with Crippen molar-refractivity contribution in [2.75, 3.05) is 34.3 Å². The maximum Gasteiger partial charge on any atom is 0.325 e. The van der Waals surface area contributed by atoms with Gasteiger partial charge in [0.15, 0.2) is 0 Å². The van der Waals surface area contributed by atoms with Gasteiger partial charge in [0, 0.05) is 49.8 Å².